The van der Waals surface area contributed by atoms with E-state index in [4.69, 9.17) is 0 Å². The molecule has 40 heavy (non-hydrogen) atoms. The molecule has 4 aromatic rings. The van der Waals surface area contributed by atoms with Gasteiger partial charge < -0.3 is 0 Å². The van der Waals surface area contributed by atoms with Crippen molar-refractivity contribution in [2.24, 2.45) is 18.9 Å². The molecule has 1 heterocycles. The van der Waals surface area contributed by atoms with Gasteiger partial charge in [-0.3, -0.25) is 0 Å². The van der Waals surface area contributed by atoms with Crippen LogP contribution in [0, 0.1) is 18.8 Å². The number of aromatic nitrogens is 1. The van der Waals surface area contributed by atoms with E-state index in [-0.39, 0.29) is 0 Å². The topological polar surface area (TPSA) is 3.88 Å². The van der Waals surface area contributed by atoms with Crippen molar-refractivity contribution in [3.8, 4) is 22.4 Å². The molecule has 0 spiro atoms. The summed E-state index contributed by atoms with van der Waals surface area (Å²) in [6.07, 6.45) is 16.3. The molecule has 3 unspecified atom stereocenters. The number of pyridine rings is 1. The normalized spacial score (nSPS) is 27.1. The fraction of sp³-hybridized carbons (Fsp3) is 0.462. The van der Waals surface area contributed by atoms with Crippen molar-refractivity contribution in [1.29, 1.82) is 0 Å². The zero-order valence-electron chi connectivity index (χ0n) is 26.5. The Labute approximate surface area is 244 Å². The molecule has 1 heteroatoms. The lowest BCUT2D eigenvalue weighted by atomic mass is 9.66. The molecule has 3 aromatic carbocycles. The smallest absolute Gasteiger partial charge is 0.201 e. The minimum Gasteiger partial charge on any atom is -0.201 e. The Morgan fingerprint density at radius 3 is 2.27 bits per heavy atom. The molecule has 0 aliphatic heterocycles. The van der Waals surface area contributed by atoms with Gasteiger partial charge in [-0.15, -0.1) is 0 Å². The highest BCUT2D eigenvalue weighted by atomic mass is 14.9. The van der Waals surface area contributed by atoms with Crippen molar-refractivity contribution in [2.75, 3.05) is 0 Å². The van der Waals surface area contributed by atoms with Crippen LogP contribution in [0.2, 0.25) is 0 Å². The van der Waals surface area contributed by atoms with Gasteiger partial charge in [0.05, 0.1) is 0 Å². The number of hydrogen-bond acceptors (Lipinski definition) is 0. The summed E-state index contributed by atoms with van der Waals surface area (Å²) in [6.45, 7) is 2.18. The highest BCUT2D eigenvalue weighted by Crippen LogP contribution is 2.46. The second-order valence-corrected chi connectivity index (χ2v) is 13.0. The van der Waals surface area contributed by atoms with Gasteiger partial charge in [0, 0.05) is 19.9 Å². The third kappa shape index (κ3) is 5.02. The van der Waals surface area contributed by atoms with E-state index >= 15 is 0 Å². The van der Waals surface area contributed by atoms with Crippen LogP contribution in [0.1, 0.15) is 108 Å². The third-order valence-electron chi connectivity index (χ3n) is 10.5. The molecular weight excluding hydrogens is 482 g/mol. The number of rotatable bonds is 4. The zero-order chi connectivity index (χ0) is 28.9. The molecule has 1 aromatic heterocycles. The fourth-order valence-electron chi connectivity index (χ4n) is 8.15. The summed E-state index contributed by atoms with van der Waals surface area (Å²) in [5, 5.41) is 2.46. The van der Waals surface area contributed by atoms with Gasteiger partial charge in [0.2, 0.25) is 5.69 Å². The minimum absolute atomic E-state index is 0.451. The SMILES string of the molecule is [2H]C1(c2ccc3cc(-c4cc(-c5ccccc5C)[n+](C)cc4C4([2H])CCCCC4)ccc3c2)CCC2CCCCC2C1. The van der Waals surface area contributed by atoms with E-state index in [1.54, 1.807) is 0 Å². The lowest BCUT2D eigenvalue weighted by molar-refractivity contribution is -0.660. The van der Waals surface area contributed by atoms with Crippen LogP contribution in [-0.4, -0.2) is 0 Å². The molecule has 0 amide bonds. The maximum atomic E-state index is 9.62. The molecule has 0 N–H and O–H groups in total. The Kier molecular flexibility index (Phi) is 6.62. The van der Waals surface area contributed by atoms with Gasteiger partial charge >= 0.3 is 0 Å². The van der Waals surface area contributed by atoms with Gasteiger partial charge in [-0.2, -0.15) is 0 Å². The predicted octanol–water partition coefficient (Wildman–Crippen LogP) is 10.4. The van der Waals surface area contributed by atoms with Crippen molar-refractivity contribution in [3.05, 3.63) is 89.6 Å². The molecule has 206 valence electrons. The highest BCUT2D eigenvalue weighted by Gasteiger charge is 2.33. The van der Waals surface area contributed by atoms with E-state index in [1.165, 1.54) is 82.8 Å². The lowest BCUT2D eigenvalue weighted by Gasteiger charge is -2.39. The van der Waals surface area contributed by atoms with E-state index in [1.807, 2.05) is 0 Å². The van der Waals surface area contributed by atoms with Crippen molar-refractivity contribution in [3.63, 3.8) is 0 Å². The van der Waals surface area contributed by atoms with Gasteiger partial charge in [-0.25, -0.2) is 4.57 Å². The van der Waals surface area contributed by atoms with Crippen LogP contribution >= 0.6 is 0 Å². The Morgan fingerprint density at radius 1 is 0.675 bits per heavy atom. The maximum Gasteiger partial charge on any atom is 0.213 e. The van der Waals surface area contributed by atoms with Gasteiger partial charge in [-0.05, 0) is 108 Å². The summed E-state index contributed by atoms with van der Waals surface area (Å²) in [5.74, 6) is 0.592. The lowest BCUT2D eigenvalue weighted by Crippen LogP contribution is -2.32. The molecule has 7 rings (SSSR count). The number of aryl methyl sites for hydroxylation is 2. The van der Waals surface area contributed by atoms with Gasteiger partial charge in [-0.1, -0.05) is 93.5 Å². The molecule has 0 radical (unpaired) electrons. The summed E-state index contributed by atoms with van der Waals surface area (Å²) >= 11 is 0. The van der Waals surface area contributed by atoms with Crippen LogP contribution in [0.25, 0.3) is 33.2 Å². The van der Waals surface area contributed by atoms with Crippen molar-refractivity contribution in [1.82, 2.24) is 0 Å². The van der Waals surface area contributed by atoms with Crippen LogP contribution < -0.4 is 4.57 Å². The molecule has 0 saturated heterocycles. The van der Waals surface area contributed by atoms with Crippen LogP contribution in [0.3, 0.4) is 0 Å². The predicted molar refractivity (Wildman–Crippen MR) is 169 cm³/mol. The molecular formula is C39H46N+. The fourth-order valence-corrected chi connectivity index (χ4v) is 8.15. The van der Waals surface area contributed by atoms with Crippen molar-refractivity contribution < 1.29 is 7.31 Å². The van der Waals surface area contributed by atoms with Crippen molar-refractivity contribution >= 4 is 10.8 Å². The number of hydrogen-bond donors (Lipinski definition) is 0. The molecule has 3 fully saturated rings. The molecule has 3 aliphatic carbocycles. The Bertz CT molecular complexity index is 1620. The Hall–Kier alpha value is -2.93. The third-order valence-corrected chi connectivity index (χ3v) is 10.5. The molecule has 0 bridgehead atoms. The van der Waals surface area contributed by atoms with E-state index in [9.17, 15) is 2.74 Å². The first-order chi connectivity index (χ1) is 20.3. The van der Waals surface area contributed by atoms with Gasteiger partial charge in [0.25, 0.3) is 0 Å². The number of nitrogens with zero attached hydrogens (tertiary/aromatic N) is 1. The molecule has 1 nitrogen and oxygen atoms in total. The Morgan fingerprint density at radius 2 is 1.43 bits per heavy atom. The highest BCUT2D eigenvalue weighted by molar-refractivity contribution is 5.89. The van der Waals surface area contributed by atoms with E-state index < -0.39 is 11.8 Å². The van der Waals surface area contributed by atoms with Gasteiger partial charge in [0.15, 0.2) is 6.20 Å². The number of fused-ring (bicyclic) bond motifs is 2. The van der Waals surface area contributed by atoms with E-state index in [2.05, 4.69) is 91.5 Å². The molecule has 3 atom stereocenters. The number of benzene rings is 3. The van der Waals surface area contributed by atoms with Crippen LogP contribution in [0.5, 0.6) is 0 Å². The summed E-state index contributed by atoms with van der Waals surface area (Å²) < 4.78 is 21.4. The first-order valence-electron chi connectivity index (χ1n) is 17.0. The van der Waals surface area contributed by atoms with Crippen LogP contribution in [0.4, 0.5) is 0 Å². The summed E-state index contributed by atoms with van der Waals surface area (Å²) in [6, 6.07) is 24.7. The summed E-state index contributed by atoms with van der Waals surface area (Å²) in [7, 11) is 2.14. The first kappa shape index (κ1) is 23.7. The maximum absolute atomic E-state index is 9.62. The standard InChI is InChI=1S/C39H46N/c1-27-10-6-9-15-36(27)39-25-37(38(26-40(39)2)29-12-4-3-5-13-29)35-21-20-33-23-32(18-19-34(33)24-35)31-17-16-28-11-7-8-14-30(28)22-31/h6,9-10,15,18-21,23-26,28-31H,3-5,7-8,11-14,16-17,22H2,1-2H3/q+1/i29D,31D. The second kappa shape index (κ2) is 11.2. The van der Waals surface area contributed by atoms with Crippen molar-refractivity contribution in [2.45, 2.75) is 95.8 Å². The first-order valence-corrected chi connectivity index (χ1v) is 16.0. The van der Waals surface area contributed by atoms with E-state index in [0.29, 0.717) is 0 Å². The van der Waals surface area contributed by atoms with Crippen LogP contribution in [-0.2, 0) is 7.05 Å². The molecule has 3 aliphatic rings. The summed E-state index contributed by atoms with van der Waals surface area (Å²) in [4.78, 5) is 0. The van der Waals surface area contributed by atoms with Crippen LogP contribution in [0.15, 0.2) is 72.9 Å². The zero-order valence-corrected chi connectivity index (χ0v) is 24.5. The second-order valence-electron chi connectivity index (χ2n) is 13.0. The Balaban J connectivity index is 1.30. The monoisotopic (exact) mass is 530 g/mol. The minimum atomic E-state index is -0.552. The van der Waals surface area contributed by atoms with E-state index in [0.717, 1.165) is 55.9 Å². The average Bonchev–Trinajstić information content (AvgIpc) is 3.01. The molecule has 3 saturated carbocycles. The average molecular weight is 531 g/mol. The van der Waals surface area contributed by atoms with Gasteiger partial charge in [0.1, 0.15) is 7.05 Å². The quantitative estimate of drug-likeness (QED) is 0.231. The largest absolute Gasteiger partial charge is 0.213 e. The summed E-state index contributed by atoms with van der Waals surface area (Å²) in [5.41, 5.74) is 8.46.